The van der Waals surface area contributed by atoms with Crippen molar-refractivity contribution in [2.45, 2.75) is 52.9 Å². The number of carbonyl (C=O) groups excluding carboxylic acids is 1. The van der Waals surface area contributed by atoms with Gasteiger partial charge in [0.15, 0.2) is 0 Å². The highest BCUT2D eigenvalue weighted by atomic mass is 79.9. The van der Waals surface area contributed by atoms with Crippen LogP contribution in [0.5, 0.6) is 5.75 Å². The summed E-state index contributed by atoms with van der Waals surface area (Å²) in [5.41, 5.74) is 4.49. The Morgan fingerprint density at radius 3 is 2.65 bits per heavy atom. The topological polar surface area (TPSA) is 38.3 Å². The molecule has 3 nitrogen and oxygen atoms in total. The van der Waals surface area contributed by atoms with E-state index in [9.17, 15) is 4.79 Å². The van der Waals surface area contributed by atoms with Gasteiger partial charge in [0.05, 0.1) is 11.1 Å². The van der Waals surface area contributed by atoms with Crippen molar-refractivity contribution >= 4 is 27.5 Å². The van der Waals surface area contributed by atoms with Crippen LogP contribution in [0.4, 0.5) is 5.69 Å². The number of halogens is 1. The van der Waals surface area contributed by atoms with E-state index in [2.05, 4.69) is 60.2 Å². The van der Waals surface area contributed by atoms with Gasteiger partial charge in [0, 0.05) is 12.1 Å². The van der Waals surface area contributed by atoms with Crippen LogP contribution in [0.25, 0.3) is 0 Å². The van der Waals surface area contributed by atoms with Gasteiger partial charge < -0.3 is 10.1 Å². The fraction of sp³-hybridized carbons (Fsp3) is 0.409. The summed E-state index contributed by atoms with van der Waals surface area (Å²) in [6.07, 6.45) is 2.03. The summed E-state index contributed by atoms with van der Waals surface area (Å²) in [7, 11) is 0. The minimum Gasteiger partial charge on any atom is -0.492 e. The summed E-state index contributed by atoms with van der Waals surface area (Å²) in [5.74, 6) is 1.34. The number of rotatable bonds is 8. The van der Waals surface area contributed by atoms with Gasteiger partial charge >= 0.3 is 0 Å². The molecule has 4 heteroatoms. The minimum absolute atomic E-state index is 0.0341. The van der Waals surface area contributed by atoms with Crippen LogP contribution < -0.4 is 10.1 Å². The van der Waals surface area contributed by atoms with E-state index in [1.54, 1.807) is 0 Å². The van der Waals surface area contributed by atoms with Crippen LogP contribution in [0, 0.1) is 6.92 Å². The number of carbonyl (C=O) groups is 1. The van der Waals surface area contributed by atoms with Crippen molar-refractivity contribution in [3.05, 3.63) is 57.6 Å². The SMILES string of the molecule is CCc1cccc(C)c1NC(=O)CCCOc1ccc(C(C)C)cc1Br. The Kier molecular flexibility index (Phi) is 7.70. The van der Waals surface area contributed by atoms with Gasteiger partial charge in [0.1, 0.15) is 5.75 Å². The summed E-state index contributed by atoms with van der Waals surface area (Å²) in [6.45, 7) is 8.97. The van der Waals surface area contributed by atoms with Crippen molar-refractivity contribution in [3.8, 4) is 5.75 Å². The molecule has 0 aliphatic heterocycles. The predicted molar refractivity (Wildman–Crippen MR) is 112 cm³/mol. The van der Waals surface area contributed by atoms with E-state index in [0.29, 0.717) is 25.4 Å². The van der Waals surface area contributed by atoms with E-state index in [0.717, 1.165) is 27.9 Å². The van der Waals surface area contributed by atoms with Crippen molar-refractivity contribution in [2.75, 3.05) is 11.9 Å². The number of anilines is 1. The zero-order chi connectivity index (χ0) is 19.1. The van der Waals surface area contributed by atoms with Crippen LogP contribution in [-0.4, -0.2) is 12.5 Å². The maximum atomic E-state index is 12.3. The van der Waals surface area contributed by atoms with Crippen molar-refractivity contribution in [1.29, 1.82) is 0 Å². The number of hydrogen-bond donors (Lipinski definition) is 1. The molecular formula is C22H28BrNO2. The molecule has 140 valence electrons. The fourth-order valence-electron chi connectivity index (χ4n) is 2.81. The third kappa shape index (κ3) is 5.60. The molecule has 0 radical (unpaired) electrons. The van der Waals surface area contributed by atoms with Crippen LogP contribution in [0.3, 0.4) is 0 Å². The Morgan fingerprint density at radius 1 is 1.23 bits per heavy atom. The molecule has 0 bridgehead atoms. The number of nitrogens with one attached hydrogen (secondary N) is 1. The Morgan fingerprint density at radius 2 is 2.00 bits per heavy atom. The lowest BCUT2D eigenvalue weighted by molar-refractivity contribution is -0.116. The Labute approximate surface area is 165 Å². The van der Waals surface area contributed by atoms with Crippen molar-refractivity contribution < 1.29 is 9.53 Å². The molecule has 0 saturated heterocycles. The third-order valence-electron chi connectivity index (χ3n) is 4.43. The molecule has 0 heterocycles. The Bertz CT molecular complexity index is 756. The molecule has 0 unspecified atom stereocenters. The highest BCUT2D eigenvalue weighted by molar-refractivity contribution is 9.10. The molecule has 2 aromatic rings. The maximum absolute atomic E-state index is 12.3. The normalized spacial score (nSPS) is 10.8. The lowest BCUT2D eigenvalue weighted by Crippen LogP contribution is -2.15. The number of para-hydroxylation sites is 1. The first-order valence-corrected chi connectivity index (χ1v) is 10.0. The highest BCUT2D eigenvalue weighted by Crippen LogP contribution is 2.29. The van der Waals surface area contributed by atoms with Crippen LogP contribution in [-0.2, 0) is 11.2 Å². The lowest BCUT2D eigenvalue weighted by atomic mass is 10.0. The lowest BCUT2D eigenvalue weighted by Gasteiger charge is -2.13. The van der Waals surface area contributed by atoms with E-state index < -0.39 is 0 Å². The average molecular weight is 418 g/mol. The molecule has 26 heavy (non-hydrogen) atoms. The molecule has 0 aromatic heterocycles. The molecular weight excluding hydrogens is 390 g/mol. The molecule has 0 spiro atoms. The second kappa shape index (κ2) is 9.77. The molecule has 1 amide bonds. The standard InChI is InChI=1S/C22H28BrNO2/c1-5-17-9-6-8-16(4)22(17)24-21(25)10-7-13-26-20-12-11-18(15(2)3)14-19(20)23/h6,8-9,11-12,14-15H,5,7,10,13H2,1-4H3,(H,24,25). The van der Waals surface area contributed by atoms with Crippen molar-refractivity contribution in [2.24, 2.45) is 0 Å². The first-order valence-electron chi connectivity index (χ1n) is 9.23. The van der Waals surface area contributed by atoms with Gasteiger partial charge in [-0.15, -0.1) is 0 Å². The van der Waals surface area contributed by atoms with E-state index in [1.165, 1.54) is 11.1 Å². The zero-order valence-corrected chi connectivity index (χ0v) is 17.7. The van der Waals surface area contributed by atoms with Gasteiger partial charge in [-0.05, 0) is 70.4 Å². The number of ether oxygens (including phenoxy) is 1. The molecule has 0 aliphatic rings. The first-order chi connectivity index (χ1) is 12.4. The van der Waals surface area contributed by atoms with Crippen molar-refractivity contribution in [1.82, 2.24) is 0 Å². The summed E-state index contributed by atoms with van der Waals surface area (Å²) in [5, 5.41) is 3.06. The molecule has 0 atom stereocenters. The molecule has 0 fully saturated rings. The number of benzene rings is 2. The van der Waals surface area contributed by atoms with E-state index in [-0.39, 0.29) is 5.91 Å². The second-order valence-electron chi connectivity index (χ2n) is 6.81. The molecule has 2 rings (SSSR count). The van der Waals surface area contributed by atoms with Crippen LogP contribution in [0.15, 0.2) is 40.9 Å². The van der Waals surface area contributed by atoms with Crippen LogP contribution in [0.2, 0.25) is 0 Å². The molecule has 1 N–H and O–H groups in total. The monoisotopic (exact) mass is 417 g/mol. The van der Waals surface area contributed by atoms with Gasteiger partial charge in [-0.25, -0.2) is 0 Å². The molecule has 2 aromatic carbocycles. The van der Waals surface area contributed by atoms with Gasteiger partial charge in [0.2, 0.25) is 5.91 Å². The summed E-state index contributed by atoms with van der Waals surface area (Å²) in [4.78, 5) is 12.3. The highest BCUT2D eigenvalue weighted by Gasteiger charge is 2.09. The second-order valence-corrected chi connectivity index (χ2v) is 7.66. The van der Waals surface area contributed by atoms with E-state index >= 15 is 0 Å². The summed E-state index contributed by atoms with van der Waals surface area (Å²) < 4.78 is 6.77. The van der Waals surface area contributed by atoms with Gasteiger partial charge in [-0.1, -0.05) is 45.0 Å². The van der Waals surface area contributed by atoms with Gasteiger partial charge in [-0.3, -0.25) is 4.79 Å². The number of aryl methyl sites for hydroxylation is 2. The zero-order valence-electron chi connectivity index (χ0n) is 16.1. The van der Waals surface area contributed by atoms with Crippen LogP contribution in [0.1, 0.15) is 56.2 Å². The molecule has 0 saturated carbocycles. The third-order valence-corrected chi connectivity index (χ3v) is 5.05. The smallest absolute Gasteiger partial charge is 0.224 e. The van der Waals surface area contributed by atoms with Gasteiger partial charge in [0.25, 0.3) is 0 Å². The summed E-state index contributed by atoms with van der Waals surface area (Å²) in [6, 6.07) is 12.3. The molecule has 0 aliphatic carbocycles. The number of amides is 1. The van der Waals surface area contributed by atoms with Crippen LogP contribution >= 0.6 is 15.9 Å². The van der Waals surface area contributed by atoms with Crippen molar-refractivity contribution in [3.63, 3.8) is 0 Å². The first kappa shape index (κ1) is 20.5. The Hall–Kier alpha value is -1.81. The van der Waals surface area contributed by atoms with Gasteiger partial charge in [-0.2, -0.15) is 0 Å². The predicted octanol–water partition coefficient (Wildman–Crippen LogP) is 6.24. The maximum Gasteiger partial charge on any atom is 0.224 e. The van der Waals surface area contributed by atoms with E-state index in [4.69, 9.17) is 4.74 Å². The Balaban J connectivity index is 1.82. The quantitative estimate of drug-likeness (QED) is 0.516. The van der Waals surface area contributed by atoms with E-state index in [1.807, 2.05) is 25.1 Å². The fourth-order valence-corrected chi connectivity index (χ4v) is 3.32. The summed E-state index contributed by atoms with van der Waals surface area (Å²) >= 11 is 3.56. The largest absolute Gasteiger partial charge is 0.492 e. The minimum atomic E-state index is 0.0341. The number of hydrogen-bond acceptors (Lipinski definition) is 2. The average Bonchev–Trinajstić information content (AvgIpc) is 2.61.